The number of hydrogen-bond donors (Lipinski definition) is 2. The van der Waals surface area contributed by atoms with E-state index in [1.807, 2.05) is 0 Å². The highest BCUT2D eigenvalue weighted by Gasteiger charge is 2.42. The molecule has 1 aliphatic rings. The Morgan fingerprint density at radius 1 is 1.33 bits per heavy atom. The summed E-state index contributed by atoms with van der Waals surface area (Å²) in [7, 11) is 0. The van der Waals surface area contributed by atoms with Gasteiger partial charge in [-0.15, -0.1) is 0 Å². The second-order valence-corrected chi connectivity index (χ2v) is 5.91. The van der Waals surface area contributed by atoms with E-state index in [4.69, 9.17) is 0 Å². The first-order chi connectivity index (χ1) is 9.78. The number of benzene rings is 1. The lowest BCUT2D eigenvalue weighted by Gasteiger charge is -2.14. The minimum absolute atomic E-state index is 0.338. The van der Waals surface area contributed by atoms with Crippen LogP contribution in [0.15, 0.2) is 12.1 Å². The van der Waals surface area contributed by atoms with E-state index in [9.17, 15) is 13.6 Å². The number of amides is 1. The Morgan fingerprint density at radius 3 is 2.48 bits per heavy atom. The number of halogens is 2. The Labute approximate surface area is 124 Å². The minimum atomic E-state index is -2.77. The van der Waals surface area contributed by atoms with Crippen molar-refractivity contribution in [1.82, 2.24) is 10.6 Å². The Hall–Kier alpha value is -1.49. The maximum Gasteiger partial charge on any atom is 0.262 e. The molecule has 1 aromatic rings. The molecule has 1 saturated heterocycles. The van der Waals surface area contributed by atoms with Crippen LogP contribution in [0.3, 0.4) is 0 Å². The summed E-state index contributed by atoms with van der Waals surface area (Å²) >= 11 is 0. The highest BCUT2D eigenvalue weighted by molar-refractivity contribution is 5.82. The number of alkyl halides is 2. The lowest BCUT2D eigenvalue weighted by molar-refractivity contribution is -0.123. The van der Waals surface area contributed by atoms with Gasteiger partial charge in [-0.1, -0.05) is 17.7 Å². The van der Waals surface area contributed by atoms with E-state index >= 15 is 0 Å². The van der Waals surface area contributed by atoms with Crippen molar-refractivity contribution in [2.75, 3.05) is 13.1 Å². The van der Waals surface area contributed by atoms with Gasteiger partial charge in [0, 0.05) is 13.0 Å². The summed E-state index contributed by atoms with van der Waals surface area (Å²) in [5, 5.41) is 5.31. The predicted octanol–water partition coefficient (Wildman–Crippen LogP) is 2.27. The van der Waals surface area contributed by atoms with Gasteiger partial charge in [0.05, 0.1) is 12.6 Å². The van der Waals surface area contributed by atoms with Gasteiger partial charge in [0.25, 0.3) is 5.92 Å². The molecule has 1 amide bonds. The van der Waals surface area contributed by atoms with E-state index in [0.717, 1.165) is 0 Å². The Balaban J connectivity index is 1.86. The first-order valence-corrected chi connectivity index (χ1v) is 7.24. The molecule has 1 aliphatic heterocycles. The molecule has 1 fully saturated rings. The van der Waals surface area contributed by atoms with Crippen LogP contribution in [-0.4, -0.2) is 31.0 Å². The Bertz CT molecular complexity index is 520. The zero-order valence-electron chi connectivity index (χ0n) is 12.7. The first-order valence-electron chi connectivity index (χ1n) is 7.24. The van der Waals surface area contributed by atoms with Crippen LogP contribution in [0.1, 0.15) is 28.7 Å². The highest BCUT2D eigenvalue weighted by atomic mass is 19.3. The van der Waals surface area contributed by atoms with Crippen molar-refractivity contribution in [2.24, 2.45) is 0 Å². The van der Waals surface area contributed by atoms with E-state index in [1.54, 1.807) is 0 Å². The standard InChI is InChI=1S/C16H22F2N2O/c1-10-6-11(2)13(12(3)7-10)4-5-19-15(21)14-8-16(17,18)9-20-14/h6-7,14,20H,4-5,8-9H2,1-3H3,(H,19,21). The molecule has 21 heavy (non-hydrogen) atoms. The van der Waals surface area contributed by atoms with Gasteiger partial charge >= 0.3 is 0 Å². The second kappa shape index (κ2) is 6.10. The fourth-order valence-electron chi connectivity index (χ4n) is 2.94. The summed E-state index contributed by atoms with van der Waals surface area (Å²) in [6.45, 7) is 6.21. The lowest BCUT2D eigenvalue weighted by atomic mass is 9.97. The number of hydrogen-bond acceptors (Lipinski definition) is 2. The molecule has 0 aromatic heterocycles. The zero-order valence-corrected chi connectivity index (χ0v) is 12.7. The summed E-state index contributed by atoms with van der Waals surface area (Å²) in [6, 6.07) is 3.45. The van der Waals surface area contributed by atoms with Crippen LogP contribution in [0.2, 0.25) is 0 Å². The maximum absolute atomic E-state index is 13.0. The third-order valence-electron chi connectivity index (χ3n) is 3.94. The molecule has 5 heteroatoms. The van der Waals surface area contributed by atoms with Crippen LogP contribution in [0.4, 0.5) is 8.78 Å². The molecule has 3 nitrogen and oxygen atoms in total. The van der Waals surface area contributed by atoms with Crippen LogP contribution >= 0.6 is 0 Å². The smallest absolute Gasteiger partial charge is 0.262 e. The quantitative estimate of drug-likeness (QED) is 0.895. The van der Waals surface area contributed by atoms with Crippen LogP contribution in [0, 0.1) is 20.8 Å². The molecular weight excluding hydrogens is 274 g/mol. The molecule has 116 valence electrons. The molecule has 0 aliphatic carbocycles. The molecule has 0 saturated carbocycles. The minimum Gasteiger partial charge on any atom is -0.354 e. The molecule has 1 aromatic carbocycles. The average Bonchev–Trinajstić information content (AvgIpc) is 2.72. The SMILES string of the molecule is Cc1cc(C)c(CCNC(=O)C2CC(F)(F)CN2)c(C)c1. The van der Waals surface area contributed by atoms with Crippen molar-refractivity contribution in [2.45, 2.75) is 45.6 Å². The number of aryl methyl sites for hydroxylation is 3. The summed E-state index contributed by atoms with van der Waals surface area (Å²) in [5.74, 6) is -3.11. The average molecular weight is 296 g/mol. The molecule has 1 unspecified atom stereocenters. The normalized spacial score (nSPS) is 20.5. The van der Waals surface area contributed by atoms with Crippen LogP contribution in [0.5, 0.6) is 0 Å². The topological polar surface area (TPSA) is 41.1 Å². The van der Waals surface area contributed by atoms with Crippen molar-refractivity contribution in [3.05, 3.63) is 34.4 Å². The molecule has 0 bridgehead atoms. The van der Waals surface area contributed by atoms with Gasteiger partial charge in [-0.05, 0) is 43.9 Å². The lowest BCUT2D eigenvalue weighted by Crippen LogP contribution is -2.41. The third-order valence-corrected chi connectivity index (χ3v) is 3.94. The Morgan fingerprint density at radius 2 is 1.95 bits per heavy atom. The van der Waals surface area contributed by atoms with E-state index in [1.165, 1.54) is 22.3 Å². The van der Waals surface area contributed by atoms with Crippen LogP contribution in [0.25, 0.3) is 0 Å². The van der Waals surface area contributed by atoms with Crippen LogP contribution in [-0.2, 0) is 11.2 Å². The predicted molar refractivity (Wildman–Crippen MR) is 78.7 cm³/mol. The van der Waals surface area contributed by atoms with Gasteiger partial charge < -0.3 is 5.32 Å². The molecule has 0 spiro atoms. The largest absolute Gasteiger partial charge is 0.354 e. The third kappa shape index (κ3) is 4.00. The van der Waals surface area contributed by atoms with E-state index < -0.39 is 24.9 Å². The zero-order chi connectivity index (χ0) is 15.6. The molecule has 0 radical (unpaired) electrons. The van der Waals surface area contributed by atoms with E-state index in [0.29, 0.717) is 13.0 Å². The van der Waals surface area contributed by atoms with Crippen molar-refractivity contribution in [1.29, 1.82) is 0 Å². The second-order valence-electron chi connectivity index (χ2n) is 5.91. The van der Waals surface area contributed by atoms with Crippen molar-refractivity contribution in [3.8, 4) is 0 Å². The van der Waals surface area contributed by atoms with Crippen molar-refractivity contribution in [3.63, 3.8) is 0 Å². The van der Waals surface area contributed by atoms with E-state index in [2.05, 4.69) is 43.5 Å². The number of rotatable bonds is 4. The Kier molecular flexibility index (Phi) is 4.61. The fraction of sp³-hybridized carbons (Fsp3) is 0.562. The number of carbonyl (C=O) groups is 1. The van der Waals surface area contributed by atoms with Crippen molar-refractivity contribution >= 4 is 5.91 Å². The van der Waals surface area contributed by atoms with E-state index in [-0.39, 0.29) is 5.91 Å². The number of nitrogens with one attached hydrogen (secondary N) is 2. The summed E-state index contributed by atoms with van der Waals surface area (Å²) < 4.78 is 26.1. The van der Waals surface area contributed by atoms with Crippen LogP contribution < -0.4 is 10.6 Å². The summed E-state index contributed by atoms with van der Waals surface area (Å²) in [5.41, 5.74) is 4.83. The van der Waals surface area contributed by atoms with Gasteiger partial charge in [0.15, 0.2) is 0 Å². The maximum atomic E-state index is 13.0. The first kappa shape index (κ1) is 15.9. The molecular formula is C16H22F2N2O. The van der Waals surface area contributed by atoms with Gasteiger partial charge in [-0.25, -0.2) is 8.78 Å². The molecule has 2 rings (SSSR count). The molecule has 1 atom stereocenters. The van der Waals surface area contributed by atoms with Gasteiger partial charge in [-0.3, -0.25) is 10.1 Å². The molecule has 1 heterocycles. The van der Waals surface area contributed by atoms with Crippen molar-refractivity contribution < 1.29 is 13.6 Å². The van der Waals surface area contributed by atoms with Gasteiger partial charge in [0.1, 0.15) is 0 Å². The summed E-state index contributed by atoms with van der Waals surface area (Å²) in [6.07, 6.45) is 0.300. The number of carbonyl (C=O) groups excluding carboxylic acids is 1. The molecule has 2 N–H and O–H groups in total. The fourth-order valence-corrected chi connectivity index (χ4v) is 2.94. The van der Waals surface area contributed by atoms with Gasteiger partial charge in [-0.2, -0.15) is 0 Å². The van der Waals surface area contributed by atoms with Gasteiger partial charge in [0.2, 0.25) is 5.91 Å². The summed E-state index contributed by atoms with van der Waals surface area (Å²) in [4.78, 5) is 11.8. The highest BCUT2D eigenvalue weighted by Crippen LogP contribution is 2.25. The monoisotopic (exact) mass is 296 g/mol.